The van der Waals surface area contributed by atoms with Gasteiger partial charge in [-0.2, -0.15) is 0 Å². The van der Waals surface area contributed by atoms with Crippen LogP contribution in [0.5, 0.6) is 0 Å². The molecule has 4 nitrogen and oxygen atoms in total. The maximum atomic E-state index is 12.2. The molecule has 0 fully saturated rings. The Balaban J connectivity index is 2.37. The van der Waals surface area contributed by atoms with Crippen molar-refractivity contribution in [2.24, 2.45) is 0 Å². The maximum Gasteiger partial charge on any atom is 0.261 e. The SMILES string of the molecule is Cc1ccc(NS(=O)(=O)c2cc(Cl)cc(Cl)c2)cc1N. The Morgan fingerprint density at radius 2 is 1.65 bits per heavy atom. The number of nitrogens with two attached hydrogens (primary N) is 1. The largest absolute Gasteiger partial charge is 0.398 e. The fraction of sp³-hybridized carbons (Fsp3) is 0.0769. The molecule has 0 amide bonds. The van der Waals surface area contributed by atoms with Crippen LogP contribution >= 0.6 is 23.2 Å². The van der Waals surface area contributed by atoms with Gasteiger partial charge in [-0.05, 0) is 42.8 Å². The highest BCUT2D eigenvalue weighted by atomic mass is 35.5. The van der Waals surface area contributed by atoms with Gasteiger partial charge in [0.2, 0.25) is 0 Å². The molecular formula is C13H12Cl2N2O2S. The Kier molecular flexibility index (Phi) is 4.13. The van der Waals surface area contributed by atoms with Gasteiger partial charge in [-0.15, -0.1) is 0 Å². The minimum Gasteiger partial charge on any atom is -0.398 e. The van der Waals surface area contributed by atoms with Crippen LogP contribution in [0.2, 0.25) is 10.0 Å². The number of sulfonamides is 1. The van der Waals surface area contributed by atoms with Crippen molar-refractivity contribution >= 4 is 44.6 Å². The smallest absolute Gasteiger partial charge is 0.261 e. The lowest BCUT2D eigenvalue weighted by Gasteiger charge is -2.10. The molecule has 0 unspecified atom stereocenters. The number of aryl methyl sites for hydroxylation is 1. The molecule has 0 atom stereocenters. The number of nitrogen functional groups attached to an aromatic ring is 1. The monoisotopic (exact) mass is 330 g/mol. The fourth-order valence-electron chi connectivity index (χ4n) is 1.60. The van der Waals surface area contributed by atoms with E-state index in [0.717, 1.165) is 5.56 Å². The van der Waals surface area contributed by atoms with Crippen LogP contribution in [0.25, 0.3) is 0 Å². The minimum absolute atomic E-state index is 0.00542. The Morgan fingerprint density at radius 3 is 2.20 bits per heavy atom. The lowest BCUT2D eigenvalue weighted by molar-refractivity contribution is 0.601. The zero-order valence-electron chi connectivity index (χ0n) is 10.5. The number of hydrogen-bond donors (Lipinski definition) is 2. The Hall–Kier alpha value is -1.43. The van der Waals surface area contributed by atoms with E-state index in [0.29, 0.717) is 11.4 Å². The Bertz CT molecular complexity index is 741. The van der Waals surface area contributed by atoms with Crippen LogP contribution in [0.4, 0.5) is 11.4 Å². The minimum atomic E-state index is -3.76. The quantitative estimate of drug-likeness (QED) is 0.843. The lowest BCUT2D eigenvalue weighted by atomic mass is 10.2. The average molecular weight is 331 g/mol. The summed E-state index contributed by atoms with van der Waals surface area (Å²) in [6.07, 6.45) is 0. The number of benzene rings is 2. The first-order valence-corrected chi connectivity index (χ1v) is 7.87. The molecule has 0 heterocycles. The maximum absolute atomic E-state index is 12.2. The molecule has 0 aliphatic heterocycles. The summed E-state index contributed by atoms with van der Waals surface area (Å²) < 4.78 is 26.9. The predicted molar refractivity (Wildman–Crippen MR) is 82.9 cm³/mol. The molecule has 0 aromatic heterocycles. The molecule has 2 rings (SSSR count). The van der Waals surface area contributed by atoms with E-state index in [1.807, 2.05) is 6.92 Å². The highest BCUT2D eigenvalue weighted by Crippen LogP contribution is 2.25. The van der Waals surface area contributed by atoms with Crippen LogP contribution in [0, 0.1) is 6.92 Å². The van der Waals surface area contributed by atoms with E-state index < -0.39 is 10.0 Å². The number of halogens is 2. The molecule has 106 valence electrons. The second-order valence-electron chi connectivity index (χ2n) is 4.28. The molecule has 0 aliphatic rings. The second kappa shape index (κ2) is 5.52. The first-order valence-electron chi connectivity index (χ1n) is 5.63. The van der Waals surface area contributed by atoms with Crippen LogP contribution in [0.15, 0.2) is 41.3 Å². The van der Waals surface area contributed by atoms with E-state index in [4.69, 9.17) is 28.9 Å². The van der Waals surface area contributed by atoms with Gasteiger partial charge < -0.3 is 5.73 Å². The standard InChI is InChI=1S/C13H12Cl2N2O2S/c1-8-2-3-11(7-13(8)16)17-20(18,19)12-5-9(14)4-10(15)6-12/h2-7,17H,16H2,1H3. The van der Waals surface area contributed by atoms with E-state index >= 15 is 0 Å². The Labute approximate surface area is 127 Å². The van der Waals surface area contributed by atoms with Crippen molar-refractivity contribution < 1.29 is 8.42 Å². The molecule has 0 spiro atoms. The zero-order chi connectivity index (χ0) is 14.9. The van der Waals surface area contributed by atoms with Gasteiger partial charge >= 0.3 is 0 Å². The van der Waals surface area contributed by atoms with Gasteiger partial charge in [0.15, 0.2) is 0 Å². The van der Waals surface area contributed by atoms with Gasteiger partial charge in [0, 0.05) is 15.7 Å². The molecule has 2 aromatic rings. The van der Waals surface area contributed by atoms with Crippen molar-refractivity contribution in [3.8, 4) is 0 Å². The summed E-state index contributed by atoms with van der Waals surface area (Å²) in [7, 11) is -3.76. The van der Waals surface area contributed by atoms with Crippen LogP contribution in [-0.4, -0.2) is 8.42 Å². The number of rotatable bonds is 3. The third-order valence-corrected chi connectivity index (χ3v) is 4.47. The molecule has 3 N–H and O–H groups in total. The van der Waals surface area contributed by atoms with Crippen LogP contribution in [-0.2, 0) is 10.0 Å². The van der Waals surface area contributed by atoms with Gasteiger partial charge in [0.05, 0.1) is 10.6 Å². The number of hydrogen-bond acceptors (Lipinski definition) is 3. The summed E-state index contributed by atoms with van der Waals surface area (Å²) in [5.74, 6) is 0. The molecule has 0 saturated carbocycles. The van der Waals surface area contributed by atoms with Crippen molar-refractivity contribution in [1.82, 2.24) is 0 Å². The van der Waals surface area contributed by atoms with Crippen molar-refractivity contribution in [3.63, 3.8) is 0 Å². The van der Waals surface area contributed by atoms with E-state index in [9.17, 15) is 8.42 Å². The topological polar surface area (TPSA) is 72.2 Å². The van der Waals surface area contributed by atoms with Crippen molar-refractivity contribution in [2.45, 2.75) is 11.8 Å². The molecule has 0 bridgehead atoms. The lowest BCUT2D eigenvalue weighted by Crippen LogP contribution is -2.13. The van der Waals surface area contributed by atoms with E-state index in [-0.39, 0.29) is 14.9 Å². The van der Waals surface area contributed by atoms with Gasteiger partial charge in [-0.3, -0.25) is 4.72 Å². The summed E-state index contributed by atoms with van der Waals surface area (Å²) in [4.78, 5) is -0.00542. The van der Waals surface area contributed by atoms with Crippen LogP contribution < -0.4 is 10.5 Å². The van der Waals surface area contributed by atoms with E-state index in [2.05, 4.69) is 4.72 Å². The van der Waals surface area contributed by atoms with E-state index in [1.165, 1.54) is 18.2 Å². The zero-order valence-corrected chi connectivity index (χ0v) is 12.9. The molecule has 20 heavy (non-hydrogen) atoms. The van der Waals surface area contributed by atoms with Crippen LogP contribution in [0.3, 0.4) is 0 Å². The Morgan fingerprint density at radius 1 is 1.05 bits per heavy atom. The third-order valence-electron chi connectivity index (χ3n) is 2.68. The highest BCUT2D eigenvalue weighted by Gasteiger charge is 2.16. The molecule has 0 aliphatic carbocycles. The van der Waals surface area contributed by atoms with Gasteiger partial charge in [-0.1, -0.05) is 29.3 Å². The third kappa shape index (κ3) is 3.36. The molecular weight excluding hydrogens is 319 g/mol. The summed E-state index contributed by atoms with van der Waals surface area (Å²) >= 11 is 11.6. The molecule has 0 radical (unpaired) electrons. The van der Waals surface area contributed by atoms with E-state index in [1.54, 1.807) is 18.2 Å². The van der Waals surface area contributed by atoms with Crippen molar-refractivity contribution in [2.75, 3.05) is 10.5 Å². The highest BCUT2D eigenvalue weighted by molar-refractivity contribution is 7.92. The summed E-state index contributed by atoms with van der Waals surface area (Å²) in [6.45, 7) is 1.84. The second-order valence-corrected chi connectivity index (χ2v) is 6.84. The van der Waals surface area contributed by atoms with Gasteiger partial charge in [0.1, 0.15) is 0 Å². The normalized spacial score (nSPS) is 11.3. The summed E-state index contributed by atoms with van der Waals surface area (Å²) in [6, 6.07) is 9.04. The predicted octanol–water partition coefficient (Wildman–Crippen LogP) is 3.68. The summed E-state index contributed by atoms with van der Waals surface area (Å²) in [5.41, 5.74) is 7.51. The summed E-state index contributed by atoms with van der Waals surface area (Å²) in [5, 5.41) is 0.502. The van der Waals surface area contributed by atoms with Crippen molar-refractivity contribution in [1.29, 1.82) is 0 Å². The average Bonchev–Trinajstić information content (AvgIpc) is 2.32. The molecule has 7 heteroatoms. The van der Waals surface area contributed by atoms with Gasteiger partial charge in [-0.25, -0.2) is 8.42 Å². The number of anilines is 2. The first kappa shape index (κ1) is 15.0. The molecule has 0 saturated heterocycles. The fourth-order valence-corrected chi connectivity index (χ4v) is 3.38. The van der Waals surface area contributed by atoms with Crippen molar-refractivity contribution in [3.05, 3.63) is 52.0 Å². The first-order chi connectivity index (χ1) is 9.28. The van der Waals surface area contributed by atoms with Gasteiger partial charge in [0.25, 0.3) is 10.0 Å². The number of nitrogens with one attached hydrogen (secondary N) is 1. The molecule has 2 aromatic carbocycles. The van der Waals surface area contributed by atoms with Crippen LogP contribution in [0.1, 0.15) is 5.56 Å².